The second-order valence-corrected chi connectivity index (χ2v) is 8.02. The molecule has 9 heteroatoms. The van der Waals surface area contributed by atoms with Crippen molar-refractivity contribution in [3.05, 3.63) is 0 Å². The lowest BCUT2D eigenvalue weighted by molar-refractivity contribution is -0.144. The number of hydrogen-bond acceptors (Lipinski definition) is 8. The van der Waals surface area contributed by atoms with E-state index in [1.807, 2.05) is 6.92 Å². The first kappa shape index (κ1) is 31.1. The molecule has 9 nitrogen and oxygen atoms in total. The number of hydrogen-bond donors (Lipinski definition) is 1. The van der Waals surface area contributed by atoms with Crippen molar-refractivity contribution in [2.75, 3.05) is 59.5 Å². The summed E-state index contributed by atoms with van der Waals surface area (Å²) in [6, 6.07) is 0. The van der Waals surface area contributed by atoms with Gasteiger partial charge in [-0.3, -0.25) is 9.59 Å². The summed E-state index contributed by atoms with van der Waals surface area (Å²) < 4.78 is 15.4. The van der Waals surface area contributed by atoms with Crippen LogP contribution in [0.4, 0.5) is 4.79 Å². The number of rotatable bonds is 20. The van der Waals surface area contributed by atoms with E-state index in [1.165, 1.54) is 7.11 Å². The van der Waals surface area contributed by atoms with Gasteiger partial charge in [0, 0.05) is 32.7 Å². The number of alkyl carbamates (subject to hydrolysis) is 1. The zero-order valence-corrected chi connectivity index (χ0v) is 21.5. The Morgan fingerprint density at radius 1 is 0.848 bits per heavy atom. The second-order valence-electron chi connectivity index (χ2n) is 8.02. The molecule has 0 saturated carbocycles. The van der Waals surface area contributed by atoms with Gasteiger partial charge in [0.2, 0.25) is 0 Å². The van der Waals surface area contributed by atoms with Crippen LogP contribution in [-0.2, 0) is 23.8 Å². The summed E-state index contributed by atoms with van der Waals surface area (Å²) in [4.78, 5) is 39.8. The van der Waals surface area contributed by atoms with Crippen LogP contribution in [0.15, 0.2) is 0 Å². The molecule has 1 amide bonds. The van der Waals surface area contributed by atoms with E-state index in [4.69, 9.17) is 14.2 Å². The largest absolute Gasteiger partial charge is 0.469 e. The topological polar surface area (TPSA) is 97.4 Å². The van der Waals surface area contributed by atoms with E-state index >= 15 is 0 Å². The summed E-state index contributed by atoms with van der Waals surface area (Å²) >= 11 is 0. The highest BCUT2D eigenvalue weighted by Gasteiger charge is 2.13. The molecular weight excluding hydrogens is 426 g/mol. The summed E-state index contributed by atoms with van der Waals surface area (Å²) in [6.07, 6.45) is 4.21. The first-order valence-corrected chi connectivity index (χ1v) is 12.5. The molecule has 0 aliphatic carbocycles. The molecule has 0 heterocycles. The van der Waals surface area contributed by atoms with Gasteiger partial charge in [0.1, 0.15) is 6.10 Å². The molecule has 0 aromatic heterocycles. The lowest BCUT2D eigenvalue weighted by Gasteiger charge is -2.25. The number of likely N-dealkylation sites (N-methyl/N-ethyl adjacent to an activating group) is 1. The molecule has 0 aliphatic rings. The summed E-state index contributed by atoms with van der Waals surface area (Å²) in [5, 5.41) is 2.74. The lowest BCUT2D eigenvalue weighted by atomic mass is 10.2. The smallest absolute Gasteiger partial charge is 0.407 e. The molecule has 0 aromatic rings. The standard InChI is InChI=1S/C24H47N3O6/c1-6-12-21(7-2)33-24(30)25-15-10-11-20-32-23(29)14-17-27(16-13-22(28)31-5)19-18-26(8-3)9-4/h21H,6-20H2,1-5H3,(H,25,30). The number of amides is 1. The Morgan fingerprint density at radius 3 is 2.06 bits per heavy atom. The number of unbranched alkanes of at least 4 members (excludes halogenated alkanes) is 1. The minimum atomic E-state index is -0.385. The molecule has 0 bridgehead atoms. The average molecular weight is 474 g/mol. The first-order valence-electron chi connectivity index (χ1n) is 12.5. The molecule has 33 heavy (non-hydrogen) atoms. The fourth-order valence-corrected chi connectivity index (χ4v) is 3.30. The van der Waals surface area contributed by atoms with E-state index in [9.17, 15) is 14.4 Å². The number of carbonyl (C=O) groups is 3. The van der Waals surface area contributed by atoms with Gasteiger partial charge in [-0.05, 0) is 38.8 Å². The zero-order valence-electron chi connectivity index (χ0n) is 21.5. The SMILES string of the molecule is CCCC(CC)OC(=O)NCCCCOC(=O)CCN(CCC(=O)OC)CCN(CC)CC. The van der Waals surface area contributed by atoms with Crippen molar-refractivity contribution in [1.82, 2.24) is 15.1 Å². The van der Waals surface area contributed by atoms with Crippen LogP contribution in [0.25, 0.3) is 0 Å². The summed E-state index contributed by atoms with van der Waals surface area (Å²) in [5.41, 5.74) is 0. The number of nitrogens with zero attached hydrogens (tertiary/aromatic N) is 2. The fourth-order valence-electron chi connectivity index (χ4n) is 3.30. The number of methoxy groups -OCH3 is 1. The van der Waals surface area contributed by atoms with Crippen LogP contribution >= 0.6 is 0 Å². The van der Waals surface area contributed by atoms with Crippen molar-refractivity contribution < 1.29 is 28.6 Å². The number of esters is 2. The number of carbonyl (C=O) groups excluding carboxylic acids is 3. The highest BCUT2D eigenvalue weighted by Crippen LogP contribution is 2.06. The van der Waals surface area contributed by atoms with Crippen LogP contribution in [-0.4, -0.2) is 93.5 Å². The van der Waals surface area contributed by atoms with Gasteiger partial charge in [0.05, 0.1) is 26.6 Å². The van der Waals surface area contributed by atoms with Crippen molar-refractivity contribution in [2.45, 2.75) is 78.7 Å². The maximum absolute atomic E-state index is 12.1. The maximum atomic E-state index is 12.1. The molecule has 1 unspecified atom stereocenters. The summed E-state index contributed by atoms with van der Waals surface area (Å²) in [7, 11) is 1.38. The van der Waals surface area contributed by atoms with Crippen molar-refractivity contribution >= 4 is 18.0 Å². The Balaban J connectivity index is 4.09. The first-order chi connectivity index (χ1) is 15.9. The van der Waals surface area contributed by atoms with Crippen molar-refractivity contribution in [3.63, 3.8) is 0 Å². The fraction of sp³-hybridized carbons (Fsp3) is 0.875. The van der Waals surface area contributed by atoms with Gasteiger partial charge >= 0.3 is 18.0 Å². The van der Waals surface area contributed by atoms with Gasteiger partial charge in [0.15, 0.2) is 0 Å². The Labute approximate surface area is 200 Å². The molecular formula is C24H47N3O6. The molecule has 1 N–H and O–H groups in total. The van der Waals surface area contributed by atoms with E-state index in [2.05, 4.69) is 35.9 Å². The Kier molecular flexibility index (Phi) is 19.5. The lowest BCUT2D eigenvalue weighted by Crippen LogP contribution is -2.37. The van der Waals surface area contributed by atoms with Crippen LogP contribution in [0.5, 0.6) is 0 Å². The molecule has 0 aromatic carbocycles. The predicted octanol–water partition coefficient (Wildman–Crippen LogP) is 3.21. The van der Waals surface area contributed by atoms with Crippen LogP contribution in [0.1, 0.15) is 72.6 Å². The normalized spacial score (nSPS) is 12.0. The Morgan fingerprint density at radius 2 is 1.48 bits per heavy atom. The molecule has 0 radical (unpaired) electrons. The monoisotopic (exact) mass is 473 g/mol. The van der Waals surface area contributed by atoms with Crippen LogP contribution in [0.2, 0.25) is 0 Å². The van der Waals surface area contributed by atoms with Gasteiger partial charge in [0.25, 0.3) is 0 Å². The number of ether oxygens (including phenoxy) is 3. The van der Waals surface area contributed by atoms with E-state index in [0.29, 0.717) is 45.5 Å². The quantitative estimate of drug-likeness (QED) is 0.164. The van der Waals surface area contributed by atoms with Gasteiger partial charge in [-0.1, -0.05) is 34.1 Å². The van der Waals surface area contributed by atoms with Crippen molar-refractivity contribution in [1.29, 1.82) is 0 Å². The van der Waals surface area contributed by atoms with E-state index < -0.39 is 0 Å². The van der Waals surface area contributed by atoms with Gasteiger partial charge in [-0.25, -0.2) is 4.79 Å². The summed E-state index contributed by atoms with van der Waals surface area (Å²) in [5.74, 6) is -0.503. The van der Waals surface area contributed by atoms with Gasteiger partial charge < -0.3 is 29.3 Å². The zero-order chi connectivity index (χ0) is 24.9. The number of nitrogens with one attached hydrogen (secondary N) is 1. The van der Waals surface area contributed by atoms with E-state index in [0.717, 1.165) is 45.4 Å². The maximum Gasteiger partial charge on any atom is 0.407 e. The minimum absolute atomic E-state index is 0.0323. The highest BCUT2D eigenvalue weighted by molar-refractivity contribution is 5.70. The average Bonchev–Trinajstić information content (AvgIpc) is 2.82. The molecule has 194 valence electrons. The van der Waals surface area contributed by atoms with Gasteiger partial charge in [-0.2, -0.15) is 0 Å². The van der Waals surface area contributed by atoms with Gasteiger partial charge in [-0.15, -0.1) is 0 Å². The van der Waals surface area contributed by atoms with Crippen molar-refractivity contribution in [2.24, 2.45) is 0 Å². The summed E-state index contributed by atoms with van der Waals surface area (Å²) in [6.45, 7) is 13.8. The van der Waals surface area contributed by atoms with Crippen LogP contribution in [0, 0.1) is 0 Å². The second kappa shape index (κ2) is 20.7. The van der Waals surface area contributed by atoms with E-state index in [1.54, 1.807) is 0 Å². The predicted molar refractivity (Wildman–Crippen MR) is 129 cm³/mol. The molecule has 0 fully saturated rings. The molecule has 0 saturated heterocycles. The third kappa shape index (κ3) is 17.3. The molecule has 0 aliphatic heterocycles. The van der Waals surface area contributed by atoms with Crippen LogP contribution < -0.4 is 5.32 Å². The molecule has 1 atom stereocenters. The third-order valence-electron chi connectivity index (χ3n) is 5.56. The van der Waals surface area contributed by atoms with Crippen molar-refractivity contribution in [3.8, 4) is 0 Å². The molecule has 0 spiro atoms. The van der Waals surface area contributed by atoms with E-state index in [-0.39, 0.29) is 30.6 Å². The minimum Gasteiger partial charge on any atom is -0.469 e. The Bertz CT molecular complexity index is 528. The van der Waals surface area contributed by atoms with Crippen LogP contribution in [0.3, 0.4) is 0 Å². The Hall–Kier alpha value is -1.87. The third-order valence-corrected chi connectivity index (χ3v) is 5.56. The highest BCUT2D eigenvalue weighted by atomic mass is 16.6. The molecule has 0 rings (SSSR count).